The van der Waals surface area contributed by atoms with Crippen LogP contribution in [0.2, 0.25) is 0 Å². The number of ether oxygens (including phenoxy) is 8. The molecule has 234 valence electrons. The van der Waals surface area contributed by atoms with E-state index in [4.69, 9.17) is 28.4 Å². The molecule has 0 aromatic heterocycles. The summed E-state index contributed by atoms with van der Waals surface area (Å²) in [4.78, 5) is 104. The quantitative estimate of drug-likeness (QED) is 0.0957. The summed E-state index contributed by atoms with van der Waals surface area (Å²) in [5, 5.41) is 0. The highest BCUT2D eigenvalue weighted by Crippen LogP contribution is 2.45. The van der Waals surface area contributed by atoms with Crippen molar-refractivity contribution in [2.75, 3.05) is 55.9 Å². The van der Waals surface area contributed by atoms with Crippen molar-refractivity contribution >= 4 is 47.8 Å². The van der Waals surface area contributed by atoms with Gasteiger partial charge in [0.1, 0.15) is 0 Å². The van der Waals surface area contributed by atoms with Gasteiger partial charge < -0.3 is 37.9 Å². The van der Waals surface area contributed by atoms with Gasteiger partial charge in [0.15, 0.2) is 22.6 Å². The molecule has 0 fully saturated rings. The number of carbonyl (C=O) groups excluding carboxylic acids is 8. The molecule has 1 aliphatic carbocycles. The van der Waals surface area contributed by atoms with Crippen LogP contribution in [0.3, 0.4) is 0 Å². The number of hydrogen-bond acceptors (Lipinski definition) is 16. The van der Waals surface area contributed by atoms with Gasteiger partial charge in [0.25, 0.3) is 0 Å². The third-order valence-electron chi connectivity index (χ3n) is 5.57. The van der Waals surface area contributed by atoms with Crippen molar-refractivity contribution in [3.05, 3.63) is 45.1 Å². The number of carbonyl (C=O) groups is 8. The van der Waals surface area contributed by atoms with E-state index >= 15 is 0 Å². The molecule has 43 heavy (non-hydrogen) atoms. The third kappa shape index (κ3) is 7.52. The highest BCUT2D eigenvalue weighted by Gasteiger charge is 2.47. The van der Waals surface area contributed by atoms with Crippen LogP contribution in [0.4, 0.5) is 0 Å². The Bertz CT molecular complexity index is 1270. The van der Waals surface area contributed by atoms with Gasteiger partial charge in [-0.05, 0) is 25.5 Å². The van der Waals surface area contributed by atoms with Crippen LogP contribution in [0.1, 0.15) is 13.8 Å². The van der Waals surface area contributed by atoms with Crippen molar-refractivity contribution in [3.8, 4) is 0 Å². The van der Waals surface area contributed by atoms with Crippen molar-refractivity contribution in [2.45, 2.75) is 13.8 Å². The average Bonchev–Trinajstić information content (AvgIpc) is 3.34. The lowest BCUT2D eigenvalue weighted by atomic mass is 9.86. The molecule has 1 rings (SSSR count). The van der Waals surface area contributed by atoms with Gasteiger partial charge in [0.05, 0.1) is 55.9 Å². The first-order valence-corrected chi connectivity index (χ1v) is 12.2. The standard InChI is InChI=1S/C27H30O16/c1-9-42-26(34)17(27(35)43-10-2)13-11-12(16(20(28)36-3)21(29)37-4)14(18(22(30)38-5)23(31)39-6)15(13)19(24(32)40-7)25(33)41-8/h11,17H,9-10H2,1-8H3. The van der Waals surface area contributed by atoms with E-state index in [9.17, 15) is 38.4 Å². The third-order valence-corrected chi connectivity index (χ3v) is 5.57. The van der Waals surface area contributed by atoms with Gasteiger partial charge in [-0.2, -0.15) is 0 Å². The lowest BCUT2D eigenvalue weighted by Crippen LogP contribution is -2.31. The highest BCUT2D eigenvalue weighted by molar-refractivity contribution is 6.23. The molecule has 0 unspecified atom stereocenters. The van der Waals surface area contributed by atoms with Crippen molar-refractivity contribution in [1.82, 2.24) is 0 Å². The van der Waals surface area contributed by atoms with Crippen LogP contribution in [0.25, 0.3) is 0 Å². The van der Waals surface area contributed by atoms with Gasteiger partial charge in [-0.15, -0.1) is 0 Å². The minimum absolute atomic E-state index is 0.265. The van der Waals surface area contributed by atoms with E-state index < -0.39 is 92.7 Å². The molecule has 0 N–H and O–H groups in total. The second-order valence-electron chi connectivity index (χ2n) is 7.77. The highest BCUT2D eigenvalue weighted by atomic mass is 16.6. The molecule has 16 heteroatoms. The second-order valence-corrected chi connectivity index (χ2v) is 7.77. The summed E-state index contributed by atoms with van der Waals surface area (Å²) in [6.45, 7) is 2.28. The largest absolute Gasteiger partial charge is 0.465 e. The fourth-order valence-electron chi connectivity index (χ4n) is 3.82. The van der Waals surface area contributed by atoms with Gasteiger partial charge in [-0.1, -0.05) is 0 Å². The Kier molecular flexibility index (Phi) is 13.5. The number of methoxy groups -OCH3 is 6. The van der Waals surface area contributed by atoms with Crippen LogP contribution in [0.15, 0.2) is 45.1 Å². The first-order valence-electron chi connectivity index (χ1n) is 12.2. The van der Waals surface area contributed by atoms with E-state index in [1.807, 2.05) is 0 Å². The molecule has 16 nitrogen and oxygen atoms in total. The summed E-state index contributed by atoms with van der Waals surface area (Å²) in [5.41, 5.74) is -6.25. The Morgan fingerprint density at radius 2 is 0.814 bits per heavy atom. The zero-order chi connectivity index (χ0) is 33.0. The molecule has 0 aromatic carbocycles. The SMILES string of the molecule is CCOC(=O)C(C(=O)OCC)C1=CC(=C(C(=O)OC)C(=O)OC)C(=C(C(=O)OC)C(=O)OC)C1=C(C(=O)OC)C(=O)OC. The maximum Gasteiger partial charge on any atom is 0.345 e. The van der Waals surface area contributed by atoms with E-state index in [0.29, 0.717) is 0 Å². The second kappa shape index (κ2) is 16.2. The molecular formula is C27H30O16. The topological polar surface area (TPSA) is 210 Å². The summed E-state index contributed by atoms with van der Waals surface area (Å²) < 4.78 is 38.2. The summed E-state index contributed by atoms with van der Waals surface area (Å²) in [5.74, 6) is -13.3. The molecule has 1 aliphatic rings. The number of hydrogen-bond donors (Lipinski definition) is 0. The fraction of sp³-hybridized carbons (Fsp3) is 0.407. The Balaban J connectivity index is 4.93. The van der Waals surface area contributed by atoms with Crippen molar-refractivity contribution in [1.29, 1.82) is 0 Å². The van der Waals surface area contributed by atoms with E-state index in [-0.39, 0.29) is 13.2 Å². The van der Waals surface area contributed by atoms with Gasteiger partial charge >= 0.3 is 47.8 Å². The van der Waals surface area contributed by atoms with Crippen LogP contribution < -0.4 is 0 Å². The van der Waals surface area contributed by atoms with Crippen LogP contribution in [0.5, 0.6) is 0 Å². The predicted molar refractivity (Wildman–Crippen MR) is 138 cm³/mol. The molecule has 0 amide bonds. The van der Waals surface area contributed by atoms with Gasteiger partial charge in [-0.25, -0.2) is 28.8 Å². The Labute approximate surface area is 245 Å². The maximum atomic E-state index is 13.2. The number of esters is 8. The zero-order valence-electron chi connectivity index (χ0n) is 24.6. The first-order chi connectivity index (χ1) is 20.4. The summed E-state index contributed by atoms with van der Waals surface area (Å²) in [6, 6.07) is 0. The van der Waals surface area contributed by atoms with E-state index in [1.165, 1.54) is 13.8 Å². The number of allylic oxidation sites excluding steroid dienone is 4. The van der Waals surface area contributed by atoms with E-state index in [1.54, 1.807) is 0 Å². The Hall–Kier alpha value is -5.28. The normalized spacial score (nSPS) is 11.9. The summed E-state index contributed by atoms with van der Waals surface area (Å²) in [7, 11) is 5.17. The van der Waals surface area contributed by atoms with Crippen molar-refractivity contribution in [2.24, 2.45) is 5.92 Å². The summed E-state index contributed by atoms with van der Waals surface area (Å²) in [6.07, 6.45) is 0.796. The smallest absolute Gasteiger partial charge is 0.345 e. The average molecular weight is 611 g/mol. The molecule has 0 aliphatic heterocycles. The van der Waals surface area contributed by atoms with Crippen LogP contribution in [-0.4, -0.2) is 104 Å². The van der Waals surface area contributed by atoms with Crippen LogP contribution in [0, 0.1) is 5.92 Å². The Morgan fingerprint density at radius 3 is 1.12 bits per heavy atom. The molecule has 0 bridgehead atoms. The molecule has 0 atom stereocenters. The minimum atomic E-state index is -2.14. The molecular weight excluding hydrogens is 580 g/mol. The molecule has 0 spiro atoms. The van der Waals surface area contributed by atoms with Gasteiger partial charge in [0, 0.05) is 16.7 Å². The molecule has 0 aromatic rings. The van der Waals surface area contributed by atoms with Gasteiger partial charge in [-0.3, -0.25) is 9.59 Å². The predicted octanol–water partition coefficient (Wildman–Crippen LogP) is -0.403. The number of rotatable bonds is 11. The molecule has 0 saturated carbocycles. The lowest BCUT2D eigenvalue weighted by Gasteiger charge is -2.20. The first kappa shape index (κ1) is 35.7. The molecule has 0 heterocycles. The van der Waals surface area contributed by atoms with Crippen LogP contribution >= 0.6 is 0 Å². The summed E-state index contributed by atoms with van der Waals surface area (Å²) >= 11 is 0. The van der Waals surface area contributed by atoms with E-state index in [0.717, 1.165) is 48.7 Å². The van der Waals surface area contributed by atoms with Gasteiger partial charge in [0.2, 0.25) is 0 Å². The fourth-order valence-corrected chi connectivity index (χ4v) is 3.82. The Morgan fingerprint density at radius 1 is 0.512 bits per heavy atom. The lowest BCUT2D eigenvalue weighted by molar-refractivity contribution is -0.159. The maximum absolute atomic E-state index is 13.2. The zero-order valence-corrected chi connectivity index (χ0v) is 24.6. The molecule has 0 saturated heterocycles. The van der Waals surface area contributed by atoms with Crippen LogP contribution in [-0.2, 0) is 76.3 Å². The van der Waals surface area contributed by atoms with E-state index in [2.05, 4.69) is 9.47 Å². The minimum Gasteiger partial charge on any atom is -0.465 e. The van der Waals surface area contributed by atoms with Crippen molar-refractivity contribution < 1.29 is 76.3 Å². The monoisotopic (exact) mass is 610 g/mol. The molecule has 0 radical (unpaired) electrons. The van der Waals surface area contributed by atoms with Crippen molar-refractivity contribution in [3.63, 3.8) is 0 Å².